The molecule has 6 heteroatoms. The number of halogens is 1. The van der Waals surface area contributed by atoms with Gasteiger partial charge >= 0.3 is 0 Å². The number of hydrogen-bond donors (Lipinski definition) is 1. The summed E-state index contributed by atoms with van der Waals surface area (Å²) in [5.74, 6) is 0.658. The monoisotopic (exact) mass is 306 g/mol. The smallest absolute Gasteiger partial charge is 0.277 e. The lowest BCUT2D eigenvalue weighted by Gasteiger charge is -2.08. The minimum atomic E-state index is -0.463. The molecule has 0 saturated carbocycles. The maximum Gasteiger partial charge on any atom is 0.277 e. The van der Waals surface area contributed by atoms with Gasteiger partial charge in [-0.25, -0.2) is 0 Å². The topological polar surface area (TPSA) is 78.4 Å². The van der Waals surface area contributed by atoms with E-state index >= 15 is 0 Å². The maximum atomic E-state index is 11.0. The molecule has 21 heavy (non-hydrogen) atoms. The number of hydrogen-bond acceptors (Lipinski definition) is 4. The highest BCUT2D eigenvalue weighted by Gasteiger charge is 2.14. The molecule has 2 N–H and O–H groups in total. The van der Waals surface area contributed by atoms with Crippen molar-refractivity contribution in [3.8, 4) is 5.75 Å². The third-order valence-electron chi connectivity index (χ3n) is 2.97. The molecule has 0 spiro atoms. The summed E-state index contributed by atoms with van der Waals surface area (Å²) in [7, 11) is 0. The Kier molecular flexibility index (Phi) is 5.14. The molecule has 0 atom stereocenters. The highest BCUT2D eigenvalue weighted by molar-refractivity contribution is 6.30. The first-order valence-electron chi connectivity index (χ1n) is 6.45. The molecule has 0 amide bonds. The average Bonchev–Trinajstić information content (AvgIpc) is 2.46. The Morgan fingerprint density at radius 3 is 2.76 bits per heavy atom. The largest absolute Gasteiger partial charge is 0.489 e. The van der Waals surface area contributed by atoms with Gasteiger partial charge in [0.2, 0.25) is 0 Å². The van der Waals surface area contributed by atoms with Gasteiger partial charge in [0.1, 0.15) is 12.4 Å². The van der Waals surface area contributed by atoms with Crippen LogP contribution in [0.2, 0.25) is 5.02 Å². The molecule has 0 aliphatic heterocycles. The number of nitro groups is 1. The number of benzene rings is 2. The molecular formula is C15H15ClN2O3. The molecule has 0 saturated heterocycles. The SMILES string of the molecule is NCCc1cccc(OCc2ccc(Cl)cc2[N+](=O)[O-])c1. The molecule has 0 bridgehead atoms. The first-order chi connectivity index (χ1) is 10.1. The minimum absolute atomic E-state index is 0.0411. The summed E-state index contributed by atoms with van der Waals surface area (Å²) in [5.41, 5.74) is 7.02. The lowest BCUT2D eigenvalue weighted by Crippen LogP contribution is -2.03. The molecule has 0 aromatic heterocycles. The van der Waals surface area contributed by atoms with Gasteiger partial charge in [0, 0.05) is 11.1 Å². The number of rotatable bonds is 6. The van der Waals surface area contributed by atoms with Crippen molar-refractivity contribution in [1.82, 2.24) is 0 Å². The summed E-state index contributed by atoms with van der Waals surface area (Å²) in [4.78, 5) is 10.5. The first kappa shape index (κ1) is 15.3. The molecule has 0 radical (unpaired) electrons. The molecule has 0 fully saturated rings. The van der Waals surface area contributed by atoms with Gasteiger partial charge in [-0.1, -0.05) is 23.7 Å². The molecule has 0 unspecified atom stereocenters. The van der Waals surface area contributed by atoms with E-state index < -0.39 is 4.92 Å². The van der Waals surface area contributed by atoms with Gasteiger partial charge < -0.3 is 10.5 Å². The van der Waals surface area contributed by atoms with Crippen LogP contribution in [0.1, 0.15) is 11.1 Å². The van der Waals surface area contributed by atoms with E-state index in [2.05, 4.69) is 0 Å². The van der Waals surface area contributed by atoms with Crippen LogP contribution in [0.3, 0.4) is 0 Å². The van der Waals surface area contributed by atoms with Crippen molar-refractivity contribution < 1.29 is 9.66 Å². The second-order valence-electron chi connectivity index (χ2n) is 4.50. The lowest BCUT2D eigenvalue weighted by atomic mass is 10.1. The van der Waals surface area contributed by atoms with Crippen molar-refractivity contribution in [1.29, 1.82) is 0 Å². The third kappa shape index (κ3) is 4.18. The van der Waals surface area contributed by atoms with E-state index in [9.17, 15) is 10.1 Å². The Balaban J connectivity index is 2.13. The molecule has 2 aromatic rings. The Hall–Kier alpha value is -2.11. The molecular weight excluding hydrogens is 292 g/mol. The van der Waals surface area contributed by atoms with Crippen molar-refractivity contribution in [2.45, 2.75) is 13.0 Å². The average molecular weight is 307 g/mol. The molecule has 2 rings (SSSR count). The van der Waals surface area contributed by atoms with Crippen LogP contribution in [-0.2, 0) is 13.0 Å². The van der Waals surface area contributed by atoms with Crippen molar-refractivity contribution in [3.63, 3.8) is 0 Å². The van der Waals surface area contributed by atoms with Gasteiger partial charge in [0.25, 0.3) is 5.69 Å². The van der Waals surface area contributed by atoms with Crippen LogP contribution in [0.4, 0.5) is 5.69 Å². The van der Waals surface area contributed by atoms with Crippen LogP contribution in [0.15, 0.2) is 42.5 Å². The van der Waals surface area contributed by atoms with Crippen LogP contribution in [-0.4, -0.2) is 11.5 Å². The summed E-state index contributed by atoms with van der Waals surface area (Å²) in [6.07, 6.45) is 0.762. The fourth-order valence-electron chi connectivity index (χ4n) is 1.95. The minimum Gasteiger partial charge on any atom is -0.489 e. The number of nitrogens with two attached hydrogens (primary N) is 1. The third-order valence-corrected chi connectivity index (χ3v) is 3.20. The first-order valence-corrected chi connectivity index (χ1v) is 6.82. The van der Waals surface area contributed by atoms with Crippen LogP contribution in [0.5, 0.6) is 5.75 Å². The second kappa shape index (κ2) is 7.06. The van der Waals surface area contributed by atoms with E-state index in [-0.39, 0.29) is 12.3 Å². The number of ether oxygens (including phenoxy) is 1. The van der Waals surface area contributed by atoms with Crippen LogP contribution < -0.4 is 10.5 Å². The van der Waals surface area contributed by atoms with E-state index in [0.29, 0.717) is 22.9 Å². The normalized spacial score (nSPS) is 10.4. The second-order valence-corrected chi connectivity index (χ2v) is 4.94. The van der Waals surface area contributed by atoms with Crippen molar-refractivity contribution in [2.75, 3.05) is 6.54 Å². The lowest BCUT2D eigenvalue weighted by molar-refractivity contribution is -0.385. The zero-order valence-electron chi connectivity index (χ0n) is 11.3. The van der Waals surface area contributed by atoms with Crippen molar-refractivity contribution >= 4 is 17.3 Å². The van der Waals surface area contributed by atoms with Crippen molar-refractivity contribution in [2.24, 2.45) is 5.73 Å². The number of nitrogens with zero attached hydrogens (tertiary/aromatic N) is 1. The summed E-state index contributed by atoms with van der Waals surface area (Å²) in [6.45, 7) is 0.672. The molecule has 5 nitrogen and oxygen atoms in total. The van der Waals surface area contributed by atoms with Gasteiger partial charge in [-0.05, 0) is 42.8 Å². The Labute approximate surface area is 127 Å². The molecule has 110 valence electrons. The zero-order valence-corrected chi connectivity index (χ0v) is 12.0. The number of nitro benzene ring substituents is 1. The van der Waals surface area contributed by atoms with E-state index in [4.69, 9.17) is 22.1 Å². The zero-order chi connectivity index (χ0) is 15.2. The molecule has 2 aromatic carbocycles. The fraction of sp³-hybridized carbons (Fsp3) is 0.200. The Morgan fingerprint density at radius 1 is 1.24 bits per heavy atom. The van der Waals surface area contributed by atoms with Gasteiger partial charge in [-0.2, -0.15) is 0 Å². The summed E-state index contributed by atoms with van der Waals surface area (Å²) in [5, 5.41) is 11.3. The van der Waals surface area contributed by atoms with Gasteiger partial charge in [-0.15, -0.1) is 0 Å². The summed E-state index contributed by atoms with van der Waals surface area (Å²) in [6, 6.07) is 12.1. The predicted molar refractivity (Wildman–Crippen MR) is 81.6 cm³/mol. The van der Waals surface area contributed by atoms with Gasteiger partial charge in [0.15, 0.2) is 0 Å². The highest BCUT2D eigenvalue weighted by Crippen LogP contribution is 2.25. The highest BCUT2D eigenvalue weighted by atomic mass is 35.5. The van der Waals surface area contributed by atoms with E-state index in [1.165, 1.54) is 6.07 Å². The van der Waals surface area contributed by atoms with E-state index in [1.807, 2.05) is 24.3 Å². The standard InChI is InChI=1S/C15H15ClN2O3/c16-13-5-4-12(15(9-13)18(19)20)10-21-14-3-1-2-11(8-14)6-7-17/h1-5,8-9H,6-7,10,17H2. The van der Waals surface area contributed by atoms with Crippen LogP contribution in [0.25, 0.3) is 0 Å². The van der Waals surface area contributed by atoms with E-state index in [1.54, 1.807) is 12.1 Å². The van der Waals surface area contributed by atoms with Crippen LogP contribution >= 0.6 is 11.6 Å². The van der Waals surface area contributed by atoms with Gasteiger partial charge in [-0.3, -0.25) is 10.1 Å². The molecule has 0 aliphatic carbocycles. The van der Waals surface area contributed by atoms with Crippen LogP contribution in [0, 0.1) is 10.1 Å². The molecule has 0 heterocycles. The Morgan fingerprint density at radius 2 is 2.05 bits per heavy atom. The summed E-state index contributed by atoms with van der Waals surface area (Å²) < 4.78 is 5.62. The predicted octanol–water partition coefficient (Wildman–Crippen LogP) is 3.33. The quantitative estimate of drug-likeness (QED) is 0.656. The Bertz CT molecular complexity index is 647. The maximum absolute atomic E-state index is 11.0. The van der Waals surface area contributed by atoms with E-state index in [0.717, 1.165) is 12.0 Å². The fourth-order valence-corrected chi connectivity index (χ4v) is 2.11. The van der Waals surface area contributed by atoms with Gasteiger partial charge in [0.05, 0.1) is 10.5 Å². The summed E-state index contributed by atoms with van der Waals surface area (Å²) >= 11 is 5.78. The molecule has 0 aliphatic rings. The van der Waals surface area contributed by atoms with Crippen molar-refractivity contribution in [3.05, 3.63) is 68.7 Å².